The molecular formula is C23H36N6OS. The fourth-order valence-electron chi connectivity index (χ4n) is 4.29. The smallest absolute Gasteiger partial charge is 0.185 e. The van der Waals surface area contributed by atoms with E-state index >= 15 is 0 Å². The van der Waals surface area contributed by atoms with E-state index in [1.54, 1.807) is 11.8 Å². The lowest BCUT2D eigenvalue weighted by molar-refractivity contribution is 0.276. The molecule has 1 saturated heterocycles. The molecule has 5 rings (SSSR count). The van der Waals surface area contributed by atoms with Gasteiger partial charge in [0.1, 0.15) is 10.8 Å². The van der Waals surface area contributed by atoms with Crippen LogP contribution in [0.3, 0.4) is 0 Å². The van der Waals surface area contributed by atoms with Crippen molar-refractivity contribution in [3.8, 4) is 11.5 Å². The van der Waals surface area contributed by atoms with Gasteiger partial charge in [0.2, 0.25) is 0 Å². The summed E-state index contributed by atoms with van der Waals surface area (Å²) in [6, 6.07) is 0.518. The molecule has 4 heterocycles. The van der Waals surface area contributed by atoms with Gasteiger partial charge in [0.15, 0.2) is 17.2 Å². The van der Waals surface area contributed by atoms with Gasteiger partial charge in [-0.05, 0) is 52.0 Å². The lowest BCUT2D eigenvalue weighted by atomic mass is 9.96. The summed E-state index contributed by atoms with van der Waals surface area (Å²) < 4.78 is 7.64. The molecule has 170 valence electrons. The third-order valence-electron chi connectivity index (χ3n) is 5.87. The maximum Gasteiger partial charge on any atom is 0.185 e. The molecule has 0 spiro atoms. The minimum absolute atomic E-state index is 0.518. The van der Waals surface area contributed by atoms with Crippen LogP contribution in [-0.2, 0) is 19.4 Å². The van der Waals surface area contributed by atoms with Gasteiger partial charge in [-0.2, -0.15) is 5.10 Å². The summed E-state index contributed by atoms with van der Waals surface area (Å²) in [7, 11) is 2.19. The van der Waals surface area contributed by atoms with Crippen molar-refractivity contribution in [3.63, 3.8) is 0 Å². The number of nitrogens with zero attached hydrogens (tertiary/aromatic N) is 6. The first-order valence-corrected chi connectivity index (χ1v) is 12.9. The van der Waals surface area contributed by atoms with Gasteiger partial charge >= 0.3 is 0 Å². The second-order valence-electron chi connectivity index (χ2n) is 7.54. The normalized spacial score (nSPS) is 18.2. The first-order valence-electron chi connectivity index (χ1n) is 11.7. The number of likely N-dealkylation sites (tertiary alicyclic amines) is 1. The maximum atomic E-state index is 5.59. The second-order valence-corrected chi connectivity index (χ2v) is 8.33. The van der Waals surface area contributed by atoms with Crippen LogP contribution < -0.4 is 0 Å². The SMILES string of the molecule is CC.CC.CSc1nc(-c2noc3c2CCCC3)nc2c1cnn2CC1CCCN1C. The van der Waals surface area contributed by atoms with E-state index in [1.165, 1.54) is 31.2 Å². The molecule has 1 fully saturated rings. The summed E-state index contributed by atoms with van der Waals surface area (Å²) >= 11 is 1.63. The monoisotopic (exact) mass is 444 g/mol. The van der Waals surface area contributed by atoms with Crippen molar-refractivity contribution in [2.24, 2.45) is 0 Å². The van der Waals surface area contributed by atoms with Crippen molar-refractivity contribution in [2.45, 2.75) is 83.8 Å². The number of hydrogen-bond donors (Lipinski definition) is 0. The first kappa shape index (κ1) is 23.7. The zero-order chi connectivity index (χ0) is 22.4. The molecule has 0 N–H and O–H groups in total. The van der Waals surface area contributed by atoms with Crippen LogP contribution in [0.4, 0.5) is 0 Å². The van der Waals surface area contributed by atoms with Gasteiger partial charge in [0, 0.05) is 18.0 Å². The molecule has 1 unspecified atom stereocenters. The van der Waals surface area contributed by atoms with E-state index in [-0.39, 0.29) is 0 Å². The van der Waals surface area contributed by atoms with Crippen molar-refractivity contribution in [2.75, 3.05) is 19.8 Å². The van der Waals surface area contributed by atoms with E-state index in [0.717, 1.165) is 53.4 Å². The molecule has 31 heavy (non-hydrogen) atoms. The maximum absolute atomic E-state index is 5.59. The molecule has 3 aromatic heterocycles. The molecular weight excluding hydrogens is 408 g/mol. The largest absolute Gasteiger partial charge is 0.360 e. The van der Waals surface area contributed by atoms with Crippen LogP contribution in [0.25, 0.3) is 22.6 Å². The van der Waals surface area contributed by atoms with Crippen LogP contribution in [-0.4, -0.2) is 55.7 Å². The van der Waals surface area contributed by atoms with E-state index in [0.29, 0.717) is 11.9 Å². The molecule has 0 saturated carbocycles. The van der Waals surface area contributed by atoms with Gasteiger partial charge in [0.05, 0.1) is 18.1 Å². The number of hydrogen-bond acceptors (Lipinski definition) is 7. The Morgan fingerprint density at radius 2 is 1.87 bits per heavy atom. The summed E-state index contributed by atoms with van der Waals surface area (Å²) in [5.74, 6) is 1.67. The number of likely N-dealkylation sites (N-methyl/N-ethyl adjacent to an activating group) is 1. The van der Waals surface area contributed by atoms with Crippen molar-refractivity contribution in [1.29, 1.82) is 0 Å². The Morgan fingerprint density at radius 1 is 1.10 bits per heavy atom. The summed E-state index contributed by atoms with van der Waals surface area (Å²) in [6.07, 6.45) is 10.7. The van der Waals surface area contributed by atoms with Crippen molar-refractivity contribution < 1.29 is 4.52 Å². The first-order chi connectivity index (χ1) is 15.2. The summed E-state index contributed by atoms with van der Waals surface area (Å²) in [4.78, 5) is 12.1. The van der Waals surface area contributed by atoms with Crippen LogP contribution >= 0.6 is 11.8 Å². The lowest BCUT2D eigenvalue weighted by Crippen LogP contribution is -2.29. The molecule has 0 aromatic carbocycles. The predicted octanol–water partition coefficient (Wildman–Crippen LogP) is 5.23. The molecule has 1 atom stereocenters. The summed E-state index contributed by atoms with van der Waals surface area (Å²) in [6.45, 7) is 10.0. The fourth-order valence-corrected chi connectivity index (χ4v) is 4.84. The van der Waals surface area contributed by atoms with Crippen LogP contribution in [0.5, 0.6) is 0 Å². The van der Waals surface area contributed by atoms with Crippen LogP contribution in [0.15, 0.2) is 15.7 Å². The highest BCUT2D eigenvalue weighted by Crippen LogP contribution is 2.32. The van der Waals surface area contributed by atoms with Gasteiger partial charge in [0.25, 0.3) is 0 Å². The molecule has 7 nitrogen and oxygen atoms in total. The van der Waals surface area contributed by atoms with E-state index in [2.05, 4.69) is 22.2 Å². The van der Waals surface area contributed by atoms with Gasteiger partial charge in [-0.25, -0.2) is 14.6 Å². The van der Waals surface area contributed by atoms with Crippen molar-refractivity contribution in [1.82, 2.24) is 29.8 Å². The Bertz CT molecular complexity index is 982. The van der Waals surface area contributed by atoms with E-state index < -0.39 is 0 Å². The number of rotatable bonds is 4. The van der Waals surface area contributed by atoms with Crippen LogP contribution in [0, 0.1) is 0 Å². The van der Waals surface area contributed by atoms with Gasteiger partial charge < -0.3 is 9.42 Å². The Labute approximate surface area is 190 Å². The Kier molecular flexibility index (Phi) is 8.49. The number of thioether (sulfide) groups is 1. The highest BCUT2D eigenvalue weighted by Gasteiger charge is 2.26. The minimum atomic E-state index is 0.518. The molecule has 8 heteroatoms. The molecule has 1 aliphatic carbocycles. The van der Waals surface area contributed by atoms with E-state index in [4.69, 9.17) is 14.5 Å². The molecule has 3 aromatic rings. The lowest BCUT2D eigenvalue weighted by Gasteiger charge is -2.19. The topological polar surface area (TPSA) is 72.9 Å². The van der Waals surface area contributed by atoms with Gasteiger partial charge in [-0.3, -0.25) is 0 Å². The average molecular weight is 445 g/mol. The molecule has 0 amide bonds. The average Bonchev–Trinajstić information content (AvgIpc) is 3.55. The standard InChI is InChI=1S/C19H24N6OS.2C2H6/c1-24-9-5-6-12(24)11-25-18-14(10-20-25)19(27-2)22-17(21-18)16-13-7-3-4-8-15(13)26-23-16;2*1-2/h10,12H,3-9,11H2,1-2H3;2*1-2H3. The third-order valence-corrected chi connectivity index (χ3v) is 6.57. The second kappa shape index (κ2) is 11.1. The summed E-state index contributed by atoms with van der Waals surface area (Å²) in [5.41, 5.74) is 2.90. The van der Waals surface area contributed by atoms with Gasteiger partial charge in [-0.1, -0.05) is 32.9 Å². The minimum Gasteiger partial charge on any atom is -0.360 e. The quantitative estimate of drug-likeness (QED) is 0.403. The van der Waals surface area contributed by atoms with Crippen molar-refractivity contribution in [3.05, 3.63) is 17.5 Å². The highest BCUT2D eigenvalue weighted by molar-refractivity contribution is 7.98. The molecule has 0 bridgehead atoms. The zero-order valence-corrected chi connectivity index (χ0v) is 20.6. The zero-order valence-electron chi connectivity index (χ0n) is 19.8. The Balaban J connectivity index is 0.000000645. The van der Waals surface area contributed by atoms with E-state index in [1.807, 2.05) is 44.8 Å². The molecule has 1 aliphatic heterocycles. The highest BCUT2D eigenvalue weighted by atomic mass is 32.2. The third kappa shape index (κ3) is 4.80. The van der Waals surface area contributed by atoms with Crippen LogP contribution in [0.2, 0.25) is 0 Å². The van der Waals surface area contributed by atoms with Crippen molar-refractivity contribution >= 4 is 22.8 Å². The molecule has 2 aliphatic rings. The van der Waals surface area contributed by atoms with Crippen LogP contribution in [0.1, 0.15) is 64.7 Å². The Morgan fingerprint density at radius 3 is 2.58 bits per heavy atom. The predicted molar refractivity (Wildman–Crippen MR) is 128 cm³/mol. The number of fused-ring (bicyclic) bond motifs is 2. The van der Waals surface area contributed by atoms with Gasteiger partial charge in [-0.15, -0.1) is 11.8 Å². The molecule has 0 radical (unpaired) electrons. The summed E-state index contributed by atoms with van der Waals surface area (Å²) in [5, 5.41) is 10.9. The fraction of sp³-hybridized carbons (Fsp3) is 0.652. The number of aryl methyl sites for hydroxylation is 1. The number of aromatic nitrogens is 5. The van der Waals surface area contributed by atoms with E-state index in [9.17, 15) is 0 Å². The Hall–Kier alpha value is -1.93.